The first kappa shape index (κ1) is 16.6. The summed E-state index contributed by atoms with van der Waals surface area (Å²) in [6, 6.07) is 10.3. The number of carbonyl (C=O) groups excluding carboxylic acids is 1. The topological polar surface area (TPSA) is 48.0 Å². The summed E-state index contributed by atoms with van der Waals surface area (Å²) in [5.74, 6) is -0.239. The van der Waals surface area contributed by atoms with Gasteiger partial charge in [-0.3, -0.25) is 4.79 Å². The van der Waals surface area contributed by atoms with Gasteiger partial charge in [0.05, 0.1) is 5.41 Å². The van der Waals surface area contributed by atoms with Crippen LogP contribution in [-0.4, -0.2) is 10.5 Å². The summed E-state index contributed by atoms with van der Waals surface area (Å²) >= 11 is 0. The molecule has 2 aromatic rings. The molecule has 0 fully saturated rings. The highest BCUT2D eigenvalue weighted by Gasteiger charge is 2.51. The maximum atomic E-state index is 12.2. The number of rotatable bonds is 4. The van der Waals surface area contributed by atoms with E-state index in [1.165, 1.54) is 11.3 Å². The van der Waals surface area contributed by atoms with Gasteiger partial charge in [0.25, 0.3) is 0 Å². The molecule has 1 unspecified atom stereocenters. The number of aromatic nitrogens is 1. The van der Waals surface area contributed by atoms with E-state index in [1.807, 2.05) is 32.0 Å². The number of amides is 1. The second-order valence-corrected chi connectivity index (χ2v) is 7.60. The minimum Gasteiger partial charge on any atom is -0.369 e. The maximum absolute atomic E-state index is 12.2. The zero-order valence-corrected chi connectivity index (χ0v) is 15.0. The Kier molecular flexibility index (Phi) is 3.90. The second kappa shape index (κ2) is 5.66. The van der Waals surface area contributed by atoms with Gasteiger partial charge in [-0.05, 0) is 48.9 Å². The molecule has 1 heterocycles. The highest BCUT2D eigenvalue weighted by molar-refractivity contribution is 5.88. The molecular formula is C21H26N2O. The third-order valence-corrected chi connectivity index (χ3v) is 5.30. The minimum atomic E-state index is -0.608. The Labute approximate surface area is 144 Å². The van der Waals surface area contributed by atoms with Gasteiger partial charge in [0, 0.05) is 24.0 Å². The van der Waals surface area contributed by atoms with E-state index < -0.39 is 5.41 Å². The van der Waals surface area contributed by atoms with Crippen molar-refractivity contribution in [2.75, 3.05) is 0 Å². The summed E-state index contributed by atoms with van der Waals surface area (Å²) in [6.07, 6.45) is 7.98. The zero-order valence-electron chi connectivity index (χ0n) is 15.0. The lowest BCUT2D eigenvalue weighted by molar-refractivity contribution is -0.123. The minimum absolute atomic E-state index is 0.0734. The van der Waals surface area contributed by atoms with E-state index in [0.29, 0.717) is 0 Å². The number of nitrogens with two attached hydrogens (primary N) is 1. The van der Waals surface area contributed by atoms with Crippen LogP contribution in [0.3, 0.4) is 0 Å². The molecule has 1 aromatic carbocycles. The fraction of sp³-hybridized carbons (Fsp3) is 0.381. The number of primary amides is 1. The number of fused-ring (bicyclic) bond motifs is 1. The summed E-state index contributed by atoms with van der Waals surface area (Å²) in [5, 5.41) is 0. The number of nitrogens with zero attached hydrogens (tertiary/aromatic N) is 1. The van der Waals surface area contributed by atoms with Crippen LogP contribution in [0.15, 0.2) is 48.7 Å². The standard InChI is InChI=1S/C21H26N2O/c1-5-6-12-17-18-16(13-23(17)15-10-8-7-9-11-15)21(4,19(22)24)14-20(18,2)3/h5-11,13H,12,14H2,1-4H3,(H2,22,24). The molecule has 0 saturated heterocycles. The molecule has 3 nitrogen and oxygen atoms in total. The first-order valence-electron chi connectivity index (χ1n) is 8.53. The van der Waals surface area contributed by atoms with Crippen LogP contribution in [0.5, 0.6) is 0 Å². The molecule has 3 heteroatoms. The van der Waals surface area contributed by atoms with E-state index in [9.17, 15) is 4.79 Å². The fourth-order valence-electron chi connectivity index (χ4n) is 4.26. The van der Waals surface area contributed by atoms with E-state index >= 15 is 0 Å². The maximum Gasteiger partial charge on any atom is 0.227 e. The molecule has 24 heavy (non-hydrogen) atoms. The van der Waals surface area contributed by atoms with Gasteiger partial charge in [-0.25, -0.2) is 0 Å². The Bertz CT molecular complexity index is 799. The summed E-state index contributed by atoms with van der Waals surface area (Å²) in [6.45, 7) is 8.45. The van der Waals surface area contributed by atoms with Crippen molar-refractivity contribution in [3.8, 4) is 5.69 Å². The molecule has 0 bridgehead atoms. The Morgan fingerprint density at radius 1 is 1.25 bits per heavy atom. The van der Waals surface area contributed by atoms with Crippen molar-refractivity contribution in [1.29, 1.82) is 0 Å². The van der Waals surface area contributed by atoms with E-state index in [-0.39, 0.29) is 11.3 Å². The predicted octanol–water partition coefficient (Wildman–Crippen LogP) is 4.02. The Hall–Kier alpha value is -2.29. The number of allylic oxidation sites excluding steroid dienone is 2. The van der Waals surface area contributed by atoms with Gasteiger partial charge in [-0.15, -0.1) is 0 Å². The molecular weight excluding hydrogens is 296 g/mol. The SMILES string of the molecule is CC=CCc1c2c(cn1-c1ccccc1)C(C)(C(N)=O)CC2(C)C. The van der Waals surface area contributed by atoms with E-state index in [4.69, 9.17) is 5.73 Å². The highest BCUT2D eigenvalue weighted by atomic mass is 16.1. The molecule has 1 atom stereocenters. The first-order chi connectivity index (χ1) is 11.3. The van der Waals surface area contributed by atoms with E-state index in [2.05, 4.69) is 48.9 Å². The summed E-state index contributed by atoms with van der Waals surface area (Å²) < 4.78 is 2.23. The molecule has 3 rings (SSSR count). The van der Waals surface area contributed by atoms with Gasteiger partial charge >= 0.3 is 0 Å². The van der Waals surface area contributed by atoms with Crippen LogP contribution >= 0.6 is 0 Å². The lowest BCUT2D eigenvalue weighted by Gasteiger charge is -2.26. The first-order valence-corrected chi connectivity index (χ1v) is 8.53. The molecule has 0 saturated carbocycles. The second-order valence-electron chi connectivity index (χ2n) is 7.60. The molecule has 2 N–H and O–H groups in total. The van der Waals surface area contributed by atoms with Crippen LogP contribution < -0.4 is 5.73 Å². The smallest absolute Gasteiger partial charge is 0.227 e. The monoisotopic (exact) mass is 322 g/mol. The summed E-state index contributed by atoms with van der Waals surface area (Å²) in [7, 11) is 0. The van der Waals surface area contributed by atoms with Gasteiger partial charge in [0.15, 0.2) is 0 Å². The van der Waals surface area contributed by atoms with Crippen LogP contribution in [0.1, 0.15) is 50.9 Å². The van der Waals surface area contributed by atoms with E-state index in [1.54, 1.807) is 0 Å². The van der Waals surface area contributed by atoms with Gasteiger partial charge in [-0.2, -0.15) is 0 Å². The Morgan fingerprint density at radius 3 is 2.50 bits per heavy atom. The van der Waals surface area contributed by atoms with Gasteiger partial charge < -0.3 is 10.3 Å². The number of hydrogen-bond acceptors (Lipinski definition) is 1. The Balaban J connectivity index is 2.29. The quantitative estimate of drug-likeness (QED) is 0.849. The van der Waals surface area contributed by atoms with Gasteiger partial charge in [-0.1, -0.05) is 44.2 Å². The molecule has 126 valence electrons. The number of carbonyl (C=O) groups is 1. The van der Waals surface area contributed by atoms with Crippen LogP contribution in [0.4, 0.5) is 0 Å². The average molecular weight is 322 g/mol. The Morgan fingerprint density at radius 2 is 1.92 bits per heavy atom. The van der Waals surface area contributed by atoms with E-state index in [0.717, 1.165) is 24.1 Å². The molecule has 1 amide bonds. The number of hydrogen-bond donors (Lipinski definition) is 1. The summed E-state index contributed by atoms with van der Waals surface area (Å²) in [4.78, 5) is 12.2. The molecule has 1 aliphatic rings. The molecule has 1 aromatic heterocycles. The molecule has 0 aliphatic heterocycles. The van der Waals surface area contributed by atoms with Crippen molar-refractivity contribution >= 4 is 5.91 Å². The van der Waals surface area contributed by atoms with Crippen molar-refractivity contribution in [3.05, 3.63) is 65.5 Å². The molecule has 0 radical (unpaired) electrons. The summed E-state index contributed by atoms with van der Waals surface area (Å²) in [5.41, 5.74) is 9.87. The van der Waals surface area contributed by atoms with Crippen molar-refractivity contribution < 1.29 is 4.79 Å². The fourth-order valence-corrected chi connectivity index (χ4v) is 4.26. The predicted molar refractivity (Wildman–Crippen MR) is 98.5 cm³/mol. The van der Waals surface area contributed by atoms with Crippen molar-refractivity contribution in [2.24, 2.45) is 5.73 Å². The number of para-hydroxylation sites is 1. The van der Waals surface area contributed by atoms with Gasteiger partial charge in [0.2, 0.25) is 5.91 Å². The van der Waals surface area contributed by atoms with Crippen LogP contribution in [-0.2, 0) is 22.0 Å². The van der Waals surface area contributed by atoms with Crippen LogP contribution in [0, 0.1) is 0 Å². The van der Waals surface area contributed by atoms with Crippen LogP contribution in [0.25, 0.3) is 5.69 Å². The largest absolute Gasteiger partial charge is 0.369 e. The van der Waals surface area contributed by atoms with Crippen LogP contribution in [0.2, 0.25) is 0 Å². The average Bonchev–Trinajstić information content (AvgIpc) is 3.02. The van der Waals surface area contributed by atoms with Crippen molar-refractivity contribution in [3.63, 3.8) is 0 Å². The molecule has 1 aliphatic carbocycles. The lowest BCUT2D eigenvalue weighted by Crippen LogP contribution is -2.37. The van der Waals surface area contributed by atoms with Crippen molar-refractivity contribution in [2.45, 2.75) is 51.4 Å². The third kappa shape index (κ3) is 2.39. The third-order valence-electron chi connectivity index (χ3n) is 5.30. The van der Waals surface area contributed by atoms with Gasteiger partial charge in [0.1, 0.15) is 0 Å². The molecule has 0 spiro atoms. The highest BCUT2D eigenvalue weighted by Crippen LogP contribution is 2.52. The normalized spacial score (nSPS) is 22.0. The van der Waals surface area contributed by atoms with Crippen molar-refractivity contribution in [1.82, 2.24) is 4.57 Å². The number of benzene rings is 1. The zero-order chi connectivity index (χ0) is 17.5. The lowest BCUT2D eigenvalue weighted by atomic mass is 9.79.